The van der Waals surface area contributed by atoms with Crippen LogP contribution < -0.4 is 0 Å². The SMILES string of the molecule is CCc1cc(C=O)n(CC(C)C)c1. The third-order valence-corrected chi connectivity index (χ3v) is 2.08. The molecule has 1 aromatic heterocycles. The van der Waals surface area contributed by atoms with Gasteiger partial charge in [0.2, 0.25) is 0 Å². The van der Waals surface area contributed by atoms with Crippen LogP contribution in [0.2, 0.25) is 0 Å². The molecule has 72 valence electrons. The Balaban J connectivity index is 2.90. The summed E-state index contributed by atoms with van der Waals surface area (Å²) in [5.41, 5.74) is 2.04. The third kappa shape index (κ3) is 2.44. The smallest absolute Gasteiger partial charge is 0.166 e. The fourth-order valence-corrected chi connectivity index (χ4v) is 1.43. The van der Waals surface area contributed by atoms with E-state index in [4.69, 9.17) is 0 Å². The maximum Gasteiger partial charge on any atom is 0.166 e. The zero-order valence-corrected chi connectivity index (χ0v) is 8.58. The summed E-state index contributed by atoms with van der Waals surface area (Å²) < 4.78 is 2.04. The second-order valence-electron chi connectivity index (χ2n) is 3.79. The van der Waals surface area contributed by atoms with Crippen molar-refractivity contribution in [3.63, 3.8) is 0 Å². The summed E-state index contributed by atoms with van der Waals surface area (Å²) >= 11 is 0. The monoisotopic (exact) mass is 179 g/mol. The minimum atomic E-state index is 0.579. The van der Waals surface area contributed by atoms with E-state index >= 15 is 0 Å². The highest BCUT2D eigenvalue weighted by Crippen LogP contribution is 2.10. The summed E-state index contributed by atoms with van der Waals surface area (Å²) in [6, 6.07) is 1.97. The molecule has 0 bridgehead atoms. The number of rotatable bonds is 4. The molecule has 0 saturated heterocycles. The Bertz CT molecular complexity index is 286. The molecule has 0 N–H and O–H groups in total. The average Bonchev–Trinajstić information content (AvgIpc) is 2.46. The third-order valence-electron chi connectivity index (χ3n) is 2.08. The van der Waals surface area contributed by atoms with Crippen molar-refractivity contribution in [3.05, 3.63) is 23.5 Å². The second-order valence-corrected chi connectivity index (χ2v) is 3.79. The predicted molar refractivity (Wildman–Crippen MR) is 54.0 cm³/mol. The summed E-state index contributed by atoms with van der Waals surface area (Å²) in [4.78, 5) is 10.7. The molecule has 0 aliphatic heterocycles. The van der Waals surface area contributed by atoms with Crippen LogP contribution in [0, 0.1) is 5.92 Å². The first-order valence-electron chi connectivity index (χ1n) is 4.81. The molecular formula is C11H17NO. The van der Waals surface area contributed by atoms with E-state index in [1.807, 2.05) is 10.6 Å². The fraction of sp³-hybridized carbons (Fsp3) is 0.545. The van der Waals surface area contributed by atoms with Crippen molar-refractivity contribution in [3.8, 4) is 0 Å². The zero-order chi connectivity index (χ0) is 9.84. The number of aldehydes is 1. The Labute approximate surface area is 79.6 Å². The van der Waals surface area contributed by atoms with Gasteiger partial charge in [0.1, 0.15) is 0 Å². The van der Waals surface area contributed by atoms with Crippen LogP contribution in [0.15, 0.2) is 12.3 Å². The molecule has 0 spiro atoms. The van der Waals surface area contributed by atoms with Crippen LogP contribution in [0.1, 0.15) is 36.8 Å². The number of aryl methyl sites for hydroxylation is 1. The Kier molecular flexibility index (Phi) is 3.29. The van der Waals surface area contributed by atoms with Gasteiger partial charge in [0.05, 0.1) is 5.69 Å². The lowest BCUT2D eigenvalue weighted by molar-refractivity contribution is 0.111. The van der Waals surface area contributed by atoms with Gasteiger partial charge in [0.25, 0.3) is 0 Å². The molecule has 2 nitrogen and oxygen atoms in total. The molecule has 0 aromatic carbocycles. The van der Waals surface area contributed by atoms with E-state index in [0.29, 0.717) is 5.92 Å². The highest BCUT2D eigenvalue weighted by atomic mass is 16.1. The van der Waals surface area contributed by atoms with Gasteiger partial charge in [0, 0.05) is 12.7 Å². The van der Waals surface area contributed by atoms with E-state index in [1.54, 1.807) is 0 Å². The van der Waals surface area contributed by atoms with Crippen molar-refractivity contribution >= 4 is 6.29 Å². The van der Waals surface area contributed by atoms with Gasteiger partial charge in [-0.3, -0.25) is 4.79 Å². The largest absolute Gasteiger partial charge is 0.345 e. The molecule has 0 atom stereocenters. The Morgan fingerprint density at radius 1 is 1.54 bits per heavy atom. The number of hydrogen-bond acceptors (Lipinski definition) is 1. The highest BCUT2D eigenvalue weighted by molar-refractivity contribution is 5.72. The molecule has 0 saturated carbocycles. The lowest BCUT2D eigenvalue weighted by atomic mass is 10.2. The number of carbonyl (C=O) groups is 1. The van der Waals surface area contributed by atoms with Gasteiger partial charge < -0.3 is 4.57 Å². The van der Waals surface area contributed by atoms with E-state index < -0.39 is 0 Å². The summed E-state index contributed by atoms with van der Waals surface area (Å²) in [6.07, 6.45) is 4.00. The van der Waals surface area contributed by atoms with E-state index in [9.17, 15) is 4.79 Å². The average molecular weight is 179 g/mol. The first kappa shape index (κ1) is 10.0. The van der Waals surface area contributed by atoms with Gasteiger partial charge >= 0.3 is 0 Å². The number of carbonyl (C=O) groups excluding carboxylic acids is 1. The van der Waals surface area contributed by atoms with Gasteiger partial charge in [-0.25, -0.2) is 0 Å². The molecule has 1 rings (SSSR count). The summed E-state index contributed by atoms with van der Waals surface area (Å²) in [7, 11) is 0. The quantitative estimate of drug-likeness (QED) is 0.651. The minimum Gasteiger partial charge on any atom is -0.345 e. The van der Waals surface area contributed by atoms with Crippen LogP contribution >= 0.6 is 0 Å². The summed E-state index contributed by atoms with van der Waals surface area (Å²) in [6.45, 7) is 7.33. The van der Waals surface area contributed by atoms with Crippen molar-refractivity contribution in [2.24, 2.45) is 5.92 Å². The number of aromatic nitrogens is 1. The zero-order valence-electron chi connectivity index (χ0n) is 8.58. The molecule has 0 aliphatic rings. The lowest BCUT2D eigenvalue weighted by Gasteiger charge is -2.07. The van der Waals surface area contributed by atoms with Crippen LogP contribution in [0.5, 0.6) is 0 Å². The Hall–Kier alpha value is -1.05. The maximum atomic E-state index is 10.7. The molecule has 0 unspecified atom stereocenters. The molecule has 0 amide bonds. The van der Waals surface area contributed by atoms with E-state index in [2.05, 4.69) is 27.0 Å². The molecule has 0 aliphatic carbocycles. The summed E-state index contributed by atoms with van der Waals surface area (Å²) in [5, 5.41) is 0. The van der Waals surface area contributed by atoms with E-state index in [-0.39, 0.29) is 0 Å². The molecule has 2 heteroatoms. The van der Waals surface area contributed by atoms with Crippen LogP contribution in [0.25, 0.3) is 0 Å². The molecule has 0 fully saturated rings. The topological polar surface area (TPSA) is 22.0 Å². The van der Waals surface area contributed by atoms with Crippen LogP contribution in [-0.2, 0) is 13.0 Å². The van der Waals surface area contributed by atoms with Gasteiger partial charge in [-0.1, -0.05) is 20.8 Å². The van der Waals surface area contributed by atoms with Gasteiger partial charge in [-0.15, -0.1) is 0 Å². The fourth-order valence-electron chi connectivity index (χ4n) is 1.43. The molecule has 13 heavy (non-hydrogen) atoms. The van der Waals surface area contributed by atoms with Crippen molar-refractivity contribution < 1.29 is 4.79 Å². The first-order chi connectivity index (χ1) is 6.17. The second kappa shape index (κ2) is 4.26. The number of hydrogen-bond donors (Lipinski definition) is 0. The first-order valence-corrected chi connectivity index (χ1v) is 4.81. The standard InChI is InChI=1S/C11H17NO/c1-4-10-5-11(8-13)12(7-10)6-9(2)3/h5,7-9H,4,6H2,1-3H3. The molecule has 1 heterocycles. The van der Waals surface area contributed by atoms with Crippen molar-refractivity contribution in [2.45, 2.75) is 33.7 Å². The van der Waals surface area contributed by atoms with Crippen LogP contribution in [-0.4, -0.2) is 10.9 Å². The lowest BCUT2D eigenvalue weighted by Crippen LogP contribution is -2.05. The Morgan fingerprint density at radius 2 is 2.23 bits per heavy atom. The minimum absolute atomic E-state index is 0.579. The van der Waals surface area contributed by atoms with Crippen molar-refractivity contribution in [1.29, 1.82) is 0 Å². The Morgan fingerprint density at radius 3 is 2.69 bits per heavy atom. The number of nitrogens with zero attached hydrogens (tertiary/aromatic N) is 1. The maximum absolute atomic E-state index is 10.7. The normalized spacial score (nSPS) is 10.8. The van der Waals surface area contributed by atoms with Crippen molar-refractivity contribution in [2.75, 3.05) is 0 Å². The van der Waals surface area contributed by atoms with Crippen LogP contribution in [0.3, 0.4) is 0 Å². The predicted octanol–water partition coefficient (Wildman–Crippen LogP) is 2.52. The summed E-state index contributed by atoms with van der Waals surface area (Å²) in [5.74, 6) is 0.579. The molecule has 0 radical (unpaired) electrons. The van der Waals surface area contributed by atoms with Crippen LogP contribution in [0.4, 0.5) is 0 Å². The van der Waals surface area contributed by atoms with Gasteiger partial charge in [-0.2, -0.15) is 0 Å². The molecular weight excluding hydrogens is 162 g/mol. The highest BCUT2D eigenvalue weighted by Gasteiger charge is 2.04. The van der Waals surface area contributed by atoms with E-state index in [1.165, 1.54) is 5.56 Å². The van der Waals surface area contributed by atoms with E-state index in [0.717, 1.165) is 24.9 Å². The van der Waals surface area contributed by atoms with Crippen molar-refractivity contribution in [1.82, 2.24) is 4.57 Å². The van der Waals surface area contributed by atoms with Gasteiger partial charge in [0.15, 0.2) is 6.29 Å². The van der Waals surface area contributed by atoms with Gasteiger partial charge in [-0.05, 0) is 24.0 Å². The molecule has 1 aromatic rings.